The average molecular weight is 555 g/mol. The molecule has 0 bridgehead atoms. The van der Waals surface area contributed by atoms with Gasteiger partial charge in [0.05, 0.1) is 15.7 Å². The van der Waals surface area contributed by atoms with Crippen molar-refractivity contribution in [1.29, 1.82) is 0 Å². The van der Waals surface area contributed by atoms with Crippen molar-refractivity contribution >= 4 is 10.0 Å². The lowest BCUT2D eigenvalue weighted by atomic mass is 9.99. The van der Waals surface area contributed by atoms with Crippen molar-refractivity contribution < 1.29 is 37.7 Å². The van der Waals surface area contributed by atoms with Gasteiger partial charge in [0.1, 0.15) is 0 Å². The molecule has 0 atom stereocenters. The molecule has 0 saturated heterocycles. The van der Waals surface area contributed by atoms with Crippen LogP contribution in [-0.4, -0.2) is 8.42 Å². The van der Waals surface area contributed by atoms with Crippen molar-refractivity contribution in [2.45, 2.75) is 44.0 Å². The van der Waals surface area contributed by atoms with Gasteiger partial charge < -0.3 is 14.0 Å². The molecule has 0 fully saturated rings. The van der Waals surface area contributed by atoms with Crippen molar-refractivity contribution in [3.05, 3.63) is 108 Å². The first kappa shape index (κ1) is 29.4. The third-order valence-corrected chi connectivity index (χ3v) is 7.02. The predicted octanol–water partition coefficient (Wildman–Crippen LogP) is 1.97. The Kier molecular flexibility index (Phi) is 11.0. The number of aromatic nitrogens is 1. The second-order valence-electron chi connectivity index (χ2n) is 8.74. The molecule has 0 aliphatic heterocycles. The fourth-order valence-electron chi connectivity index (χ4n) is 4.24. The van der Waals surface area contributed by atoms with Gasteiger partial charge >= 0.3 is 0 Å². The van der Waals surface area contributed by atoms with Gasteiger partial charge in [-0.15, -0.1) is 0 Å². The number of rotatable bonds is 9. The number of halogens is 1. The Balaban J connectivity index is 0.000000934. The lowest BCUT2D eigenvalue weighted by Crippen LogP contribution is -2.42. The first-order valence-electron chi connectivity index (χ1n) is 12.2. The highest BCUT2D eigenvalue weighted by Gasteiger charge is 2.21. The molecule has 0 aliphatic rings. The molecular weight excluding hydrogens is 524 g/mol. The van der Waals surface area contributed by atoms with Crippen LogP contribution in [0.5, 0.6) is 0 Å². The Morgan fingerprint density at radius 1 is 0.763 bits per heavy atom. The van der Waals surface area contributed by atoms with E-state index in [1.165, 1.54) is 28.1 Å². The van der Waals surface area contributed by atoms with Crippen molar-refractivity contribution in [3.8, 4) is 22.4 Å². The quantitative estimate of drug-likeness (QED) is 0.316. The summed E-state index contributed by atoms with van der Waals surface area (Å²) in [6.45, 7) is 3.02. The van der Waals surface area contributed by atoms with Gasteiger partial charge in [-0.2, -0.15) is 4.57 Å². The Hall–Kier alpha value is -3.11. The molecule has 0 saturated carbocycles. The molecule has 0 radical (unpaired) electrons. The largest absolute Gasteiger partial charge is 0.357 e. The van der Waals surface area contributed by atoms with Gasteiger partial charge in [-0.3, -0.25) is 0 Å². The van der Waals surface area contributed by atoms with E-state index in [-0.39, 0.29) is 4.90 Å². The fourth-order valence-corrected chi connectivity index (χ4v) is 4.76. The summed E-state index contributed by atoms with van der Waals surface area (Å²) >= 11 is 0. The monoisotopic (exact) mass is 554 g/mol. The SMILES string of the molecule is CCCCc1cc(-c2ccccc2)cc(-c2ccccc2)[n+]1CCc1ccc(S(N)(=O)=O)cc1.[O-][Cl+2]([O-])[O-]. The molecule has 200 valence electrons. The third kappa shape index (κ3) is 8.73. The molecule has 0 amide bonds. The number of nitrogens with zero attached hydrogens (tertiary/aromatic N) is 1. The second-order valence-corrected chi connectivity index (χ2v) is 10.7. The van der Waals surface area contributed by atoms with Gasteiger partial charge in [0, 0.05) is 30.5 Å². The van der Waals surface area contributed by atoms with E-state index >= 15 is 0 Å². The molecule has 0 aliphatic carbocycles. The molecule has 1 aromatic heterocycles. The topological polar surface area (TPSA) is 133 Å². The number of nitrogens with two attached hydrogens (primary N) is 1. The molecule has 4 aromatic rings. The van der Waals surface area contributed by atoms with E-state index in [1.807, 2.05) is 24.3 Å². The van der Waals surface area contributed by atoms with Gasteiger partial charge in [-0.05, 0) is 47.4 Å². The number of sulfonamides is 1. The normalized spacial score (nSPS) is 11.2. The Morgan fingerprint density at radius 3 is 1.84 bits per heavy atom. The summed E-state index contributed by atoms with van der Waals surface area (Å²) in [5.41, 5.74) is 7.19. The Labute approximate surface area is 227 Å². The highest BCUT2D eigenvalue weighted by Crippen LogP contribution is 2.26. The van der Waals surface area contributed by atoms with Gasteiger partial charge in [-0.25, -0.2) is 13.6 Å². The fraction of sp³-hybridized carbons (Fsp3) is 0.207. The van der Waals surface area contributed by atoms with Crippen molar-refractivity contribution in [2.24, 2.45) is 5.14 Å². The van der Waals surface area contributed by atoms with Crippen LogP contribution in [0.4, 0.5) is 0 Å². The number of primary sulfonamides is 1. The number of hydrogen-bond acceptors (Lipinski definition) is 5. The minimum atomic E-state index is -3.68. The second kappa shape index (κ2) is 14.2. The van der Waals surface area contributed by atoms with Crippen molar-refractivity contribution in [3.63, 3.8) is 0 Å². The molecule has 3 aromatic carbocycles. The van der Waals surface area contributed by atoms with Crippen LogP contribution in [0.25, 0.3) is 22.4 Å². The summed E-state index contributed by atoms with van der Waals surface area (Å²) in [4.78, 5) is 0.143. The van der Waals surface area contributed by atoms with Crippen molar-refractivity contribution in [1.82, 2.24) is 0 Å². The van der Waals surface area contributed by atoms with Gasteiger partial charge in [0.2, 0.25) is 15.7 Å². The first-order valence-corrected chi connectivity index (χ1v) is 14.7. The standard InChI is InChI=1S/C29H31N2O2S.ClO3/c1-2-3-14-27-21-26(24-10-6-4-7-11-24)22-29(25-12-8-5-9-13-25)31(27)20-19-23-15-17-28(18-16-23)34(30,32)33;2-1(3)4/h4-13,15-18,21-22H,2-3,14,19-20H2,1H3,(H2,30,32,33);/q+1;-1. The van der Waals surface area contributed by atoms with Crippen LogP contribution in [0.3, 0.4) is 0 Å². The molecule has 4 rings (SSSR count). The van der Waals surface area contributed by atoms with E-state index in [9.17, 15) is 8.42 Å². The highest BCUT2D eigenvalue weighted by atomic mass is 35.6. The molecule has 0 unspecified atom stereocenters. The molecule has 1 heterocycles. The van der Waals surface area contributed by atoms with E-state index in [2.05, 4.69) is 72.2 Å². The van der Waals surface area contributed by atoms with Crippen LogP contribution in [0.15, 0.2) is 102 Å². The molecule has 9 heteroatoms. The Bertz CT molecular complexity index is 1400. The average Bonchev–Trinajstić information content (AvgIpc) is 2.91. The van der Waals surface area contributed by atoms with Gasteiger partial charge in [0.15, 0.2) is 12.2 Å². The van der Waals surface area contributed by atoms with Gasteiger partial charge in [0.25, 0.3) is 0 Å². The minimum absolute atomic E-state index is 0.143. The van der Waals surface area contributed by atoms with Crippen LogP contribution >= 0.6 is 0 Å². The van der Waals surface area contributed by atoms with Crippen LogP contribution in [0.1, 0.15) is 31.0 Å². The number of hydrogen-bond donors (Lipinski definition) is 1. The number of benzene rings is 3. The summed E-state index contributed by atoms with van der Waals surface area (Å²) < 4.78 is 50.8. The lowest BCUT2D eigenvalue weighted by Gasteiger charge is -2.13. The van der Waals surface area contributed by atoms with E-state index in [4.69, 9.17) is 19.1 Å². The molecule has 2 N–H and O–H groups in total. The molecular formula is C29H31ClN2O5S. The van der Waals surface area contributed by atoms with Crippen LogP contribution in [0, 0.1) is 10.8 Å². The summed E-state index contributed by atoms with van der Waals surface area (Å²) in [7, 11) is -6.53. The number of unbranched alkanes of at least 4 members (excludes halogenated alkanes) is 1. The third-order valence-electron chi connectivity index (χ3n) is 6.09. The lowest BCUT2D eigenvalue weighted by molar-refractivity contribution is -1.73. The maximum Gasteiger partial charge on any atom is 0.238 e. The smallest absolute Gasteiger partial charge is 0.238 e. The van der Waals surface area contributed by atoms with Crippen molar-refractivity contribution in [2.75, 3.05) is 0 Å². The minimum Gasteiger partial charge on any atom is -0.357 e. The van der Waals surface area contributed by atoms with E-state index in [1.54, 1.807) is 12.1 Å². The summed E-state index contributed by atoms with van der Waals surface area (Å²) in [5.74, 6) is 0. The summed E-state index contributed by atoms with van der Waals surface area (Å²) in [6, 6.07) is 32.5. The highest BCUT2D eigenvalue weighted by molar-refractivity contribution is 7.89. The zero-order valence-corrected chi connectivity index (χ0v) is 22.7. The van der Waals surface area contributed by atoms with Gasteiger partial charge in [-0.1, -0.05) is 74.0 Å². The summed E-state index contributed by atoms with van der Waals surface area (Å²) in [6.07, 6.45) is 4.04. The maximum atomic E-state index is 11.6. The predicted molar refractivity (Wildman–Crippen MR) is 138 cm³/mol. The van der Waals surface area contributed by atoms with E-state index < -0.39 is 20.8 Å². The van der Waals surface area contributed by atoms with Crippen LogP contribution < -0.4 is 23.7 Å². The van der Waals surface area contributed by atoms with E-state index in [0.29, 0.717) is 0 Å². The van der Waals surface area contributed by atoms with E-state index in [0.717, 1.165) is 37.8 Å². The summed E-state index contributed by atoms with van der Waals surface area (Å²) in [5, 5.41) is 5.25. The van der Waals surface area contributed by atoms with Crippen LogP contribution in [-0.2, 0) is 29.4 Å². The molecule has 38 heavy (non-hydrogen) atoms. The number of pyridine rings is 1. The zero-order valence-electron chi connectivity index (χ0n) is 21.1. The first-order chi connectivity index (χ1) is 18.2. The zero-order chi connectivity index (χ0) is 27.5. The molecule has 7 nitrogen and oxygen atoms in total. The maximum absolute atomic E-state index is 11.6. The molecule has 0 spiro atoms. The van der Waals surface area contributed by atoms with Crippen LogP contribution in [0.2, 0.25) is 0 Å². The Morgan fingerprint density at radius 2 is 1.32 bits per heavy atom. The number of aryl methyl sites for hydroxylation is 2.